The molecular formula is C11H15N5O3S. The SMILES string of the molecule is CC(Cn1cccn1)n1c(CO)nnc1SCC(=O)O. The average molecular weight is 297 g/mol. The van der Waals surface area contributed by atoms with Crippen molar-refractivity contribution in [1.82, 2.24) is 24.5 Å². The molecule has 2 aromatic rings. The summed E-state index contributed by atoms with van der Waals surface area (Å²) in [4.78, 5) is 10.6. The van der Waals surface area contributed by atoms with Gasteiger partial charge in [0.25, 0.3) is 0 Å². The zero-order valence-electron chi connectivity index (χ0n) is 10.9. The summed E-state index contributed by atoms with van der Waals surface area (Å²) in [6.07, 6.45) is 3.52. The fourth-order valence-electron chi connectivity index (χ4n) is 1.84. The predicted molar refractivity (Wildman–Crippen MR) is 71.2 cm³/mol. The second kappa shape index (κ2) is 6.53. The molecule has 0 saturated carbocycles. The molecule has 9 heteroatoms. The highest BCUT2D eigenvalue weighted by Crippen LogP contribution is 2.22. The molecule has 0 radical (unpaired) electrons. The molecule has 0 saturated heterocycles. The summed E-state index contributed by atoms with van der Waals surface area (Å²) < 4.78 is 3.51. The van der Waals surface area contributed by atoms with Gasteiger partial charge in [0.05, 0.1) is 18.3 Å². The van der Waals surface area contributed by atoms with Crippen LogP contribution in [-0.2, 0) is 17.9 Å². The Morgan fingerprint density at radius 1 is 1.50 bits per heavy atom. The first-order valence-corrected chi connectivity index (χ1v) is 6.97. The molecule has 2 N–H and O–H groups in total. The molecule has 0 bridgehead atoms. The van der Waals surface area contributed by atoms with Gasteiger partial charge in [-0.2, -0.15) is 5.10 Å². The maximum atomic E-state index is 10.6. The molecule has 0 fully saturated rings. The number of hydrogen-bond acceptors (Lipinski definition) is 6. The molecule has 2 rings (SSSR count). The number of carbonyl (C=O) groups is 1. The van der Waals surface area contributed by atoms with E-state index in [0.29, 0.717) is 17.5 Å². The van der Waals surface area contributed by atoms with Gasteiger partial charge in [-0.25, -0.2) is 0 Å². The van der Waals surface area contributed by atoms with Crippen molar-refractivity contribution in [3.8, 4) is 0 Å². The standard InChI is InChI=1S/C11H15N5O3S/c1-8(5-15-4-2-3-12-15)16-9(6-17)13-14-11(16)20-7-10(18)19/h2-4,8,17H,5-7H2,1H3,(H,18,19). The van der Waals surface area contributed by atoms with E-state index in [2.05, 4.69) is 15.3 Å². The lowest BCUT2D eigenvalue weighted by molar-refractivity contribution is -0.133. The smallest absolute Gasteiger partial charge is 0.313 e. The van der Waals surface area contributed by atoms with Gasteiger partial charge < -0.3 is 10.2 Å². The summed E-state index contributed by atoms with van der Waals surface area (Å²) >= 11 is 1.08. The Balaban J connectivity index is 2.18. The second-order valence-electron chi connectivity index (χ2n) is 4.19. The van der Waals surface area contributed by atoms with Gasteiger partial charge >= 0.3 is 5.97 Å². The Morgan fingerprint density at radius 2 is 2.30 bits per heavy atom. The topological polar surface area (TPSA) is 106 Å². The van der Waals surface area contributed by atoms with Crippen LogP contribution in [0.2, 0.25) is 0 Å². The number of carboxylic acid groups (broad SMARTS) is 1. The lowest BCUT2D eigenvalue weighted by atomic mass is 10.3. The molecule has 20 heavy (non-hydrogen) atoms. The van der Waals surface area contributed by atoms with E-state index >= 15 is 0 Å². The molecule has 1 atom stereocenters. The first kappa shape index (κ1) is 14.5. The monoisotopic (exact) mass is 297 g/mol. The number of aliphatic hydroxyl groups is 1. The van der Waals surface area contributed by atoms with Gasteiger partial charge in [0.2, 0.25) is 0 Å². The fourth-order valence-corrected chi connectivity index (χ4v) is 2.62. The largest absolute Gasteiger partial charge is 0.481 e. The lowest BCUT2D eigenvalue weighted by Crippen LogP contribution is -2.17. The summed E-state index contributed by atoms with van der Waals surface area (Å²) in [5, 5.41) is 30.5. The maximum Gasteiger partial charge on any atom is 0.313 e. The molecule has 108 valence electrons. The zero-order valence-corrected chi connectivity index (χ0v) is 11.7. The van der Waals surface area contributed by atoms with Crippen LogP contribution in [-0.4, -0.2) is 46.5 Å². The molecule has 8 nitrogen and oxygen atoms in total. The van der Waals surface area contributed by atoms with Crippen molar-refractivity contribution in [3.05, 3.63) is 24.3 Å². The summed E-state index contributed by atoms with van der Waals surface area (Å²) in [6, 6.07) is 1.77. The Hall–Kier alpha value is -1.87. The normalized spacial score (nSPS) is 12.5. The van der Waals surface area contributed by atoms with E-state index in [1.54, 1.807) is 15.4 Å². The minimum atomic E-state index is -0.921. The van der Waals surface area contributed by atoms with E-state index in [1.807, 2.05) is 19.2 Å². The van der Waals surface area contributed by atoms with Crippen molar-refractivity contribution in [2.45, 2.75) is 31.3 Å². The Kier molecular flexibility index (Phi) is 4.74. The van der Waals surface area contributed by atoms with Crippen molar-refractivity contribution < 1.29 is 15.0 Å². The molecule has 2 aromatic heterocycles. The summed E-state index contributed by atoms with van der Waals surface area (Å²) in [6.45, 7) is 2.28. The van der Waals surface area contributed by atoms with E-state index in [0.717, 1.165) is 11.8 Å². The van der Waals surface area contributed by atoms with Gasteiger partial charge in [-0.1, -0.05) is 11.8 Å². The molecule has 0 spiro atoms. The van der Waals surface area contributed by atoms with Gasteiger partial charge in [0.1, 0.15) is 6.61 Å². The molecule has 1 unspecified atom stereocenters. The van der Waals surface area contributed by atoms with E-state index in [9.17, 15) is 9.90 Å². The number of aliphatic hydroxyl groups excluding tert-OH is 1. The van der Waals surface area contributed by atoms with Gasteiger partial charge in [0.15, 0.2) is 11.0 Å². The van der Waals surface area contributed by atoms with E-state index in [-0.39, 0.29) is 18.4 Å². The Labute approximate surface area is 119 Å². The van der Waals surface area contributed by atoms with Crippen molar-refractivity contribution >= 4 is 17.7 Å². The highest BCUT2D eigenvalue weighted by atomic mass is 32.2. The molecule has 0 aliphatic heterocycles. The highest BCUT2D eigenvalue weighted by Gasteiger charge is 2.18. The number of nitrogens with zero attached hydrogens (tertiary/aromatic N) is 5. The minimum Gasteiger partial charge on any atom is -0.481 e. The van der Waals surface area contributed by atoms with Crippen LogP contribution < -0.4 is 0 Å². The molecule has 0 amide bonds. The van der Waals surface area contributed by atoms with Crippen LogP contribution in [0.4, 0.5) is 0 Å². The van der Waals surface area contributed by atoms with E-state index < -0.39 is 5.97 Å². The number of thioether (sulfide) groups is 1. The Bertz CT molecular complexity index is 569. The van der Waals surface area contributed by atoms with Crippen LogP contribution in [0, 0.1) is 0 Å². The molecule has 0 aliphatic carbocycles. The quantitative estimate of drug-likeness (QED) is 0.713. The fraction of sp³-hybridized carbons (Fsp3) is 0.455. The third kappa shape index (κ3) is 3.36. The minimum absolute atomic E-state index is 0.0525. The van der Waals surface area contributed by atoms with Gasteiger partial charge in [-0.15, -0.1) is 10.2 Å². The van der Waals surface area contributed by atoms with Gasteiger partial charge in [0, 0.05) is 12.4 Å². The van der Waals surface area contributed by atoms with Crippen LogP contribution in [0.15, 0.2) is 23.6 Å². The van der Waals surface area contributed by atoms with Crippen LogP contribution in [0.1, 0.15) is 18.8 Å². The third-order valence-electron chi connectivity index (χ3n) is 2.65. The number of aromatic nitrogens is 5. The van der Waals surface area contributed by atoms with Crippen LogP contribution in [0.25, 0.3) is 0 Å². The molecule has 0 aromatic carbocycles. The zero-order chi connectivity index (χ0) is 14.5. The van der Waals surface area contributed by atoms with Crippen molar-refractivity contribution in [1.29, 1.82) is 0 Å². The van der Waals surface area contributed by atoms with Crippen LogP contribution >= 0.6 is 11.8 Å². The van der Waals surface area contributed by atoms with Crippen molar-refractivity contribution in [3.63, 3.8) is 0 Å². The van der Waals surface area contributed by atoms with Gasteiger partial charge in [-0.05, 0) is 13.0 Å². The van der Waals surface area contributed by atoms with E-state index in [4.69, 9.17) is 5.11 Å². The summed E-state index contributed by atoms with van der Waals surface area (Å²) in [7, 11) is 0. The molecular weight excluding hydrogens is 282 g/mol. The number of carboxylic acids is 1. The van der Waals surface area contributed by atoms with Gasteiger partial charge in [-0.3, -0.25) is 14.0 Å². The first-order valence-electron chi connectivity index (χ1n) is 5.98. The number of rotatable bonds is 7. The van der Waals surface area contributed by atoms with Crippen LogP contribution in [0.5, 0.6) is 0 Å². The summed E-state index contributed by atoms with van der Waals surface area (Å²) in [5.74, 6) is -0.606. The van der Waals surface area contributed by atoms with Crippen LogP contribution in [0.3, 0.4) is 0 Å². The maximum absolute atomic E-state index is 10.6. The molecule has 2 heterocycles. The van der Waals surface area contributed by atoms with Crippen molar-refractivity contribution in [2.24, 2.45) is 0 Å². The summed E-state index contributed by atoms with van der Waals surface area (Å²) in [5.41, 5.74) is 0. The van der Waals surface area contributed by atoms with Crippen molar-refractivity contribution in [2.75, 3.05) is 5.75 Å². The predicted octanol–water partition coefficient (Wildman–Crippen LogP) is 0.405. The first-order chi connectivity index (χ1) is 9.61. The number of aliphatic carboxylic acids is 1. The second-order valence-corrected chi connectivity index (χ2v) is 5.13. The highest BCUT2D eigenvalue weighted by molar-refractivity contribution is 7.99. The average Bonchev–Trinajstić information content (AvgIpc) is 3.04. The number of hydrogen-bond donors (Lipinski definition) is 2. The Morgan fingerprint density at radius 3 is 2.90 bits per heavy atom. The third-order valence-corrected chi connectivity index (χ3v) is 3.58. The molecule has 0 aliphatic rings. The lowest BCUT2D eigenvalue weighted by Gasteiger charge is -2.17. The van der Waals surface area contributed by atoms with E-state index in [1.165, 1.54) is 0 Å².